The van der Waals surface area contributed by atoms with E-state index in [0.29, 0.717) is 41.1 Å². The number of Topliss-reactive ketones (excluding diaryl/α,β-unsaturated/α-hetero) is 1. The number of benzene rings is 2. The summed E-state index contributed by atoms with van der Waals surface area (Å²) in [6.45, 7) is 0. The fraction of sp³-hybridized carbons (Fsp3) is 0.263. The van der Waals surface area contributed by atoms with Crippen LogP contribution < -0.4 is 11.5 Å². The highest BCUT2D eigenvalue weighted by molar-refractivity contribution is 6.31. The van der Waals surface area contributed by atoms with Crippen LogP contribution in [-0.4, -0.2) is 17.9 Å². The van der Waals surface area contributed by atoms with Gasteiger partial charge in [0.1, 0.15) is 5.54 Å². The van der Waals surface area contributed by atoms with E-state index >= 15 is 0 Å². The molecule has 0 saturated heterocycles. The average molecular weight is 359 g/mol. The third kappa shape index (κ3) is 3.38. The number of hydrogen-bond donors (Lipinski definition) is 2. The second-order valence-electron chi connectivity index (χ2n) is 6.22. The summed E-state index contributed by atoms with van der Waals surface area (Å²) in [5.74, 6) is -0.891. The van der Waals surface area contributed by atoms with Crippen LogP contribution in [0.25, 0.3) is 0 Å². The molecule has 0 unspecified atom stereocenters. The Hall–Kier alpha value is -2.37. The number of hydrogen-bond acceptors (Lipinski definition) is 5. The van der Waals surface area contributed by atoms with Gasteiger partial charge in [0.2, 0.25) is 0 Å². The first-order valence-corrected chi connectivity index (χ1v) is 8.44. The van der Waals surface area contributed by atoms with Gasteiger partial charge in [0.15, 0.2) is 11.9 Å². The summed E-state index contributed by atoms with van der Waals surface area (Å²) in [5, 5.41) is 0.434. The van der Waals surface area contributed by atoms with Gasteiger partial charge >= 0.3 is 5.97 Å². The van der Waals surface area contributed by atoms with Crippen molar-refractivity contribution < 1.29 is 14.3 Å². The van der Waals surface area contributed by atoms with Crippen molar-refractivity contribution in [2.24, 2.45) is 5.73 Å². The molecule has 2 atom stereocenters. The highest BCUT2D eigenvalue weighted by Crippen LogP contribution is 2.37. The third-order valence-corrected chi connectivity index (χ3v) is 4.85. The van der Waals surface area contributed by atoms with Crippen LogP contribution in [0.4, 0.5) is 5.69 Å². The van der Waals surface area contributed by atoms with E-state index in [1.165, 1.54) is 0 Å². The van der Waals surface area contributed by atoms with Gasteiger partial charge in [0.25, 0.3) is 0 Å². The Morgan fingerprint density at radius 1 is 1.16 bits per heavy atom. The molecule has 1 saturated carbocycles. The van der Waals surface area contributed by atoms with E-state index in [2.05, 4.69) is 0 Å². The van der Waals surface area contributed by atoms with Crippen LogP contribution >= 0.6 is 11.6 Å². The van der Waals surface area contributed by atoms with Gasteiger partial charge in [0, 0.05) is 10.7 Å². The van der Waals surface area contributed by atoms with Gasteiger partial charge < -0.3 is 16.2 Å². The second kappa shape index (κ2) is 6.86. The summed E-state index contributed by atoms with van der Waals surface area (Å²) < 4.78 is 5.43. The van der Waals surface area contributed by atoms with Crippen LogP contribution in [0, 0.1) is 0 Å². The normalized spacial score (nSPS) is 23.3. The first kappa shape index (κ1) is 17.5. The molecule has 0 heterocycles. The van der Waals surface area contributed by atoms with Gasteiger partial charge in [-0.05, 0) is 55.2 Å². The SMILES string of the molecule is Nc1ccc(C(=O)O[C@@H]2CCC[C@@](N)(c3ccccc3Cl)C2=O)cc1. The molecule has 2 aromatic rings. The molecule has 5 nitrogen and oxygen atoms in total. The highest BCUT2D eigenvalue weighted by atomic mass is 35.5. The van der Waals surface area contributed by atoms with Crippen molar-refractivity contribution in [1.29, 1.82) is 0 Å². The number of nitrogens with two attached hydrogens (primary N) is 2. The number of ketones is 1. The monoisotopic (exact) mass is 358 g/mol. The molecule has 0 radical (unpaired) electrons. The predicted octanol–water partition coefficient (Wildman–Crippen LogP) is 3.05. The Labute approximate surface area is 150 Å². The van der Waals surface area contributed by atoms with Crippen LogP contribution in [0.1, 0.15) is 35.2 Å². The number of rotatable bonds is 3. The summed E-state index contributed by atoms with van der Waals surface area (Å²) in [4.78, 5) is 25.2. The van der Waals surface area contributed by atoms with Gasteiger partial charge in [-0.25, -0.2) is 4.79 Å². The van der Waals surface area contributed by atoms with Crippen molar-refractivity contribution >= 4 is 29.0 Å². The molecule has 0 aliphatic heterocycles. The summed E-state index contributed by atoms with van der Waals surface area (Å²) in [7, 11) is 0. The Kier molecular flexibility index (Phi) is 4.79. The van der Waals surface area contributed by atoms with Crippen LogP contribution in [0.5, 0.6) is 0 Å². The Morgan fingerprint density at radius 3 is 2.52 bits per heavy atom. The Balaban J connectivity index is 1.81. The van der Waals surface area contributed by atoms with Gasteiger partial charge in [-0.15, -0.1) is 0 Å². The molecule has 1 aliphatic rings. The largest absolute Gasteiger partial charge is 0.451 e. The lowest BCUT2D eigenvalue weighted by Crippen LogP contribution is -2.53. The first-order chi connectivity index (χ1) is 11.9. The summed E-state index contributed by atoms with van der Waals surface area (Å²) in [5.41, 5.74) is 12.2. The van der Waals surface area contributed by atoms with Crippen LogP contribution in [0.15, 0.2) is 48.5 Å². The minimum atomic E-state index is -1.25. The zero-order valence-corrected chi connectivity index (χ0v) is 14.3. The molecular weight excluding hydrogens is 340 g/mol. The smallest absolute Gasteiger partial charge is 0.338 e. The van der Waals surface area contributed by atoms with Gasteiger partial charge in [-0.2, -0.15) is 0 Å². The average Bonchev–Trinajstić information content (AvgIpc) is 2.60. The van der Waals surface area contributed by atoms with Gasteiger partial charge in [0.05, 0.1) is 5.56 Å². The summed E-state index contributed by atoms with van der Waals surface area (Å²) in [6, 6.07) is 13.3. The standard InChI is InChI=1S/C19H19ClN2O3/c20-15-5-2-1-4-14(15)19(22)11-3-6-16(17(19)23)25-18(24)12-7-9-13(21)10-8-12/h1-2,4-5,7-10,16H,3,6,11,21-22H2/t16-,19-/m1/s1. The maximum atomic E-state index is 12.9. The number of halogens is 1. The first-order valence-electron chi connectivity index (χ1n) is 8.06. The van der Waals surface area contributed by atoms with Crippen molar-refractivity contribution in [1.82, 2.24) is 0 Å². The number of carbonyl (C=O) groups excluding carboxylic acids is 2. The lowest BCUT2D eigenvalue weighted by atomic mass is 9.75. The molecule has 1 fully saturated rings. The maximum Gasteiger partial charge on any atom is 0.338 e. The lowest BCUT2D eigenvalue weighted by molar-refractivity contribution is -0.136. The second-order valence-corrected chi connectivity index (χ2v) is 6.63. The minimum absolute atomic E-state index is 0.323. The van der Waals surface area contributed by atoms with Crippen LogP contribution in [0.2, 0.25) is 5.02 Å². The van der Waals surface area contributed by atoms with E-state index < -0.39 is 17.6 Å². The molecule has 2 aromatic carbocycles. The predicted molar refractivity (Wildman–Crippen MR) is 96.2 cm³/mol. The van der Waals surface area contributed by atoms with E-state index in [9.17, 15) is 9.59 Å². The molecule has 130 valence electrons. The summed E-state index contributed by atoms with van der Waals surface area (Å²) >= 11 is 6.22. The van der Waals surface area contributed by atoms with Crippen molar-refractivity contribution in [3.05, 3.63) is 64.7 Å². The topological polar surface area (TPSA) is 95.4 Å². The van der Waals surface area contributed by atoms with Gasteiger partial charge in [-0.1, -0.05) is 29.8 Å². The van der Waals surface area contributed by atoms with Crippen molar-refractivity contribution in [3.63, 3.8) is 0 Å². The number of carbonyl (C=O) groups is 2. The molecule has 0 spiro atoms. The van der Waals surface area contributed by atoms with Crippen molar-refractivity contribution in [3.8, 4) is 0 Å². The zero-order chi connectivity index (χ0) is 18.0. The van der Waals surface area contributed by atoms with E-state index in [0.717, 1.165) is 0 Å². The molecule has 4 N–H and O–H groups in total. The molecule has 6 heteroatoms. The molecule has 0 bridgehead atoms. The van der Waals surface area contributed by atoms with Crippen molar-refractivity contribution in [2.45, 2.75) is 30.9 Å². The molecule has 3 rings (SSSR count). The van der Waals surface area contributed by atoms with E-state index in [1.54, 1.807) is 48.5 Å². The fourth-order valence-electron chi connectivity index (χ4n) is 3.13. The van der Waals surface area contributed by atoms with E-state index in [4.69, 9.17) is 27.8 Å². The zero-order valence-electron chi connectivity index (χ0n) is 13.6. The van der Waals surface area contributed by atoms with Crippen LogP contribution in [0.3, 0.4) is 0 Å². The van der Waals surface area contributed by atoms with E-state index in [1.807, 2.05) is 0 Å². The van der Waals surface area contributed by atoms with Gasteiger partial charge in [-0.3, -0.25) is 4.79 Å². The number of esters is 1. The highest BCUT2D eigenvalue weighted by Gasteiger charge is 2.45. The maximum absolute atomic E-state index is 12.9. The molecular formula is C19H19ClN2O3. The van der Waals surface area contributed by atoms with E-state index in [-0.39, 0.29) is 5.78 Å². The Bertz CT molecular complexity index is 807. The number of nitrogen functional groups attached to an aromatic ring is 1. The fourth-order valence-corrected chi connectivity index (χ4v) is 3.43. The molecule has 0 amide bonds. The van der Waals surface area contributed by atoms with Crippen LogP contribution in [-0.2, 0) is 15.1 Å². The Morgan fingerprint density at radius 2 is 1.84 bits per heavy atom. The third-order valence-electron chi connectivity index (χ3n) is 4.52. The quantitative estimate of drug-likeness (QED) is 0.649. The lowest BCUT2D eigenvalue weighted by Gasteiger charge is -2.36. The number of ether oxygens (including phenoxy) is 1. The molecule has 0 aromatic heterocycles. The summed E-state index contributed by atoms with van der Waals surface area (Å²) in [6.07, 6.45) is 0.682. The molecule has 25 heavy (non-hydrogen) atoms. The number of anilines is 1. The van der Waals surface area contributed by atoms with Crippen molar-refractivity contribution in [2.75, 3.05) is 5.73 Å². The minimum Gasteiger partial charge on any atom is -0.451 e. The molecule has 1 aliphatic carbocycles.